The van der Waals surface area contributed by atoms with Crippen LogP contribution in [0.2, 0.25) is 10.0 Å². The smallest absolute Gasteiger partial charge is 0.124 e. The topological polar surface area (TPSA) is 21.3 Å². The third-order valence-electron chi connectivity index (χ3n) is 4.19. The average Bonchev–Trinajstić information content (AvgIpc) is 2.64. The van der Waals surface area contributed by atoms with E-state index < -0.39 is 0 Å². The molecule has 3 aromatic rings. The van der Waals surface area contributed by atoms with Crippen LogP contribution in [0.15, 0.2) is 65.1 Å². The van der Waals surface area contributed by atoms with Crippen LogP contribution in [0.25, 0.3) is 0 Å². The summed E-state index contributed by atoms with van der Waals surface area (Å²) in [7, 11) is 0. The molecule has 3 aromatic carbocycles. The predicted molar refractivity (Wildman–Crippen MR) is 124 cm³/mol. The molecule has 0 saturated carbocycles. The summed E-state index contributed by atoms with van der Waals surface area (Å²) in [6.45, 7) is 3.99. The second kappa shape index (κ2) is 11.1. The van der Waals surface area contributed by atoms with Crippen molar-refractivity contribution in [2.24, 2.45) is 0 Å². The van der Waals surface area contributed by atoms with Crippen LogP contribution >= 0.6 is 51.5 Å². The molecule has 0 saturated heterocycles. The van der Waals surface area contributed by atoms with Gasteiger partial charge in [0.1, 0.15) is 12.4 Å². The molecule has 2 nitrogen and oxygen atoms in total. The number of ether oxygens (including phenoxy) is 1. The first-order chi connectivity index (χ1) is 13.0. The second-order valence-electron chi connectivity index (χ2n) is 6.37. The maximum Gasteiger partial charge on any atom is 0.124 e. The Morgan fingerprint density at radius 2 is 1.64 bits per heavy atom. The van der Waals surface area contributed by atoms with Gasteiger partial charge in [0.25, 0.3) is 0 Å². The van der Waals surface area contributed by atoms with Crippen LogP contribution in [0, 0.1) is 6.92 Å². The fourth-order valence-electron chi connectivity index (χ4n) is 2.67. The first-order valence-electron chi connectivity index (χ1n) is 8.62. The summed E-state index contributed by atoms with van der Waals surface area (Å²) in [5, 5.41) is 4.71. The van der Waals surface area contributed by atoms with E-state index in [1.807, 2.05) is 24.3 Å². The minimum absolute atomic E-state index is 0. The zero-order valence-electron chi connectivity index (χ0n) is 15.3. The predicted octanol–water partition coefficient (Wildman–Crippen LogP) is 7.35. The van der Waals surface area contributed by atoms with Crippen molar-refractivity contribution in [1.82, 2.24) is 5.32 Å². The van der Waals surface area contributed by atoms with Crippen LogP contribution < -0.4 is 10.1 Å². The molecule has 0 aliphatic heterocycles. The third-order valence-corrected chi connectivity index (χ3v) is 5.27. The highest BCUT2D eigenvalue weighted by Gasteiger charge is 2.08. The quantitative estimate of drug-likeness (QED) is 0.365. The molecular formula is C22H21BrCl3NO. The van der Waals surface area contributed by atoms with E-state index >= 15 is 0 Å². The largest absolute Gasteiger partial charge is 0.489 e. The van der Waals surface area contributed by atoms with Gasteiger partial charge in [-0.05, 0) is 42.8 Å². The summed E-state index contributed by atoms with van der Waals surface area (Å²) in [6.07, 6.45) is 0. The van der Waals surface area contributed by atoms with Gasteiger partial charge in [-0.3, -0.25) is 0 Å². The SMILES string of the molecule is Cc1ccc(CNCc2cc(Br)ccc2OCc2ccc(Cl)cc2Cl)cc1.Cl. The minimum Gasteiger partial charge on any atom is -0.489 e. The van der Waals surface area contributed by atoms with E-state index in [0.29, 0.717) is 23.2 Å². The van der Waals surface area contributed by atoms with E-state index in [-0.39, 0.29) is 12.4 Å². The van der Waals surface area contributed by atoms with Crippen molar-refractivity contribution in [3.05, 3.63) is 97.4 Å². The number of hydrogen-bond donors (Lipinski definition) is 1. The number of nitrogens with one attached hydrogen (secondary N) is 1. The van der Waals surface area contributed by atoms with Gasteiger partial charge in [0.2, 0.25) is 0 Å². The van der Waals surface area contributed by atoms with E-state index in [0.717, 1.165) is 27.9 Å². The van der Waals surface area contributed by atoms with Crippen molar-refractivity contribution in [3.63, 3.8) is 0 Å². The molecule has 6 heteroatoms. The Balaban J connectivity index is 0.00000280. The van der Waals surface area contributed by atoms with Crippen molar-refractivity contribution in [3.8, 4) is 5.75 Å². The zero-order chi connectivity index (χ0) is 19.2. The molecule has 28 heavy (non-hydrogen) atoms. The van der Waals surface area contributed by atoms with Crippen LogP contribution in [0.3, 0.4) is 0 Å². The molecule has 0 fully saturated rings. The standard InChI is InChI=1S/C22H20BrCl2NO.ClH/c1-15-2-4-16(5-3-15)12-26-13-18-10-19(23)7-9-22(18)27-14-17-6-8-20(24)11-21(17)25;/h2-11,26H,12-14H2,1H3;1H. The van der Waals surface area contributed by atoms with Crippen LogP contribution in [-0.2, 0) is 19.7 Å². The van der Waals surface area contributed by atoms with E-state index in [2.05, 4.69) is 58.5 Å². The molecule has 0 aromatic heterocycles. The van der Waals surface area contributed by atoms with Crippen LogP contribution in [0.4, 0.5) is 0 Å². The lowest BCUT2D eigenvalue weighted by Gasteiger charge is -2.14. The molecular weight excluding hydrogens is 481 g/mol. The molecule has 0 spiro atoms. The highest BCUT2D eigenvalue weighted by molar-refractivity contribution is 9.10. The summed E-state index contributed by atoms with van der Waals surface area (Å²) >= 11 is 15.7. The van der Waals surface area contributed by atoms with E-state index in [9.17, 15) is 0 Å². The van der Waals surface area contributed by atoms with Crippen LogP contribution in [0.5, 0.6) is 5.75 Å². The summed E-state index contributed by atoms with van der Waals surface area (Å²) in [5.41, 5.74) is 4.51. The average molecular weight is 502 g/mol. The van der Waals surface area contributed by atoms with Gasteiger partial charge in [0, 0.05) is 38.7 Å². The Bertz CT molecular complexity index is 916. The van der Waals surface area contributed by atoms with Crippen LogP contribution in [-0.4, -0.2) is 0 Å². The number of aryl methyl sites for hydroxylation is 1. The first-order valence-corrected chi connectivity index (χ1v) is 10.2. The Hall–Kier alpha value is -1.23. The van der Waals surface area contributed by atoms with Crippen molar-refractivity contribution < 1.29 is 4.74 Å². The second-order valence-corrected chi connectivity index (χ2v) is 8.12. The van der Waals surface area contributed by atoms with Gasteiger partial charge in [0.05, 0.1) is 0 Å². The molecule has 0 bridgehead atoms. The van der Waals surface area contributed by atoms with Gasteiger partial charge >= 0.3 is 0 Å². The highest BCUT2D eigenvalue weighted by Crippen LogP contribution is 2.26. The van der Waals surface area contributed by atoms with Crippen LogP contribution in [0.1, 0.15) is 22.3 Å². The molecule has 0 heterocycles. The van der Waals surface area contributed by atoms with Crippen molar-refractivity contribution in [2.45, 2.75) is 26.6 Å². The lowest BCUT2D eigenvalue weighted by atomic mass is 10.1. The normalized spacial score (nSPS) is 10.4. The van der Waals surface area contributed by atoms with Crippen molar-refractivity contribution >= 4 is 51.5 Å². The number of benzene rings is 3. The molecule has 0 atom stereocenters. The van der Waals surface area contributed by atoms with Gasteiger partial charge in [0.15, 0.2) is 0 Å². The van der Waals surface area contributed by atoms with Crippen molar-refractivity contribution in [1.29, 1.82) is 0 Å². The number of halogens is 4. The van der Waals surface area contributed by atoms with Gasteiger partial charge in [-0.15, -0.1) is 12.4 Å². The Kier molecular flexibility index (Phi) is 9.13. The van der Waals surface area contributed by atoms with Gasteiger partial charge < -0.3 is 10.1 Å². The van der Waals surface area contributed by atoms with E-state index in [1.165, 1.54) is 11.1 Å². The Labute approximate surface area is 190 Å². The zero-order valence-corrected chi connectivity index (χ0v) is 19.3. The monoisotopic (exact) mass is 499 g/mol. The highest BCUT2D eigenvalue weighted by atomic mass is 79.9. The number of rotatable bonds is 7. The summed E-state index contributed by atoms with van der Waals surface area (Å²) in [6, 6.07) is 20.0. The molecule has 0 unspecified atom stereocenters. The lowest BCUT2D eigenvalue weighted by molar-refractivity contribution is 0.302. The molecule has 148 valence electrons. The Morgan fingerprint density at radius 1 is 0.893 bits per heavy atom. The van der Waals surface area contributed by atoms with E-state index in [4.69, 9.17) is 27.9 Å². The van der Waals surface area contributed by atoms with E-state index in [1.54, 1.807) is 6.07 Å². The lowest BCUT2D eigenvalue weighted by Crippen LogP contribution is -2.13. The molecule has 0 radical (unpaired) electrons. The van der Waals surface area contributed by atoms with Gasteiger partial charge in [-0.1, -0.05) is 75.0 Å². The molecule has 0 amide bonds. The molecule has 0 aliphatic rings. The fraction of sp³-hybridized carbons (Fsp3) is 0.182. The Morgan fingerprint density at radius 3 is 2.36 bits per heavy atom. The molecule has 3 rings (SSSR count). The number of hydrogen-bond acceptors (Lipinski definition) is 2. The van der Waals surface area contributed by atoms with Crippen molar-refractivity contribution in [2.75, 3.05) is 0 Å². The summed E-state index contributed by atoms with van der Waals surface area (Å²) in [5.74, 6) is 0.834. The first kappa shape index (κ1) is 23.1. The minimum atomic E-state index is 0. The summed E-state index contributed by atoms with van der Waals surface area (Å²) < 4.78 is 7.05. The van der Waals surface area contributed by atoms with Gasteiger partial charge in [-0.2, -0.15) is 0 Å². The summed E-state index contributed by atoms with van der Waals surface area (Å²) in [4.78, 5) is 0. The fourth-order valence-corrected chi connectivity index (χ4v) is 3.54. The maximum absolute atomic E-state index is 6.24. The van der Waals surface area contributed by atoms with Gasteiger partial charge in [-0.25, -0.2) is 0 Å². The molecule has 0 aliphatic carbocycles. The third kappa shape index (κ3) is 6.68. The maximum atomic E-state index is 6.24. The molecule has 1 N–H and O–H groups in total.